The van der Waals surface area contributed by atoms with Crippen LogP contribution < -0.4 is 0 Å². The van der Waals surface area contributed by atoms with Crippen LogP contribution in [0, 0.1) is 0 Å². The van der Waals surface area contributed by atoms with Crippen LogP contribution in [0.1, 0.15) is 19.3 Å². The molecule has 3 nitrogen and oxygen atoms in total. The van der Waals surface area contributed by atoms with Gasteiger partial charge < -0.3 is 14.6 Å². The van der Waals surface area contributed by atoms with Gasteiger partial charge in [0.1, 0.15) is 0 Å². The molecule has 0 aromatic heterocycles. The normalized spacial score (nSPS) is 27.0. The first-order valence-corrected chi connectivity index (χ1v) is 4.83. The average Bonchev–Trinajstić information content (AvgIpc) is 2.16. The van der Waals surface area contributed by atoms with Crippen LogP contribution in [0.4, 0.5) is 0 Å². The second-order valence-corrected chi connectivity index (χ2v) is 3.25. The molecule has 0 saturated carbocycles. The van der Waals surface area contributed by atoms with Gasteiger partial charge in [0.2, 0.25) is 0 Å². The molecule has 1 aliphatic heterocycles. The first-order chi connectivity index (χ1) is 5.83. The number of ether oxygens (including phenoxy) is 2. The van der Waals surface area contributed by atoms with Crippen molar-refractivity contribution in [3.05, 3.63) is 0 Å². The maximum absolute atomic E-state index is 9.08. The Hall–Kier alpha value is 0.170. The lowest BCUT2D eigenvalue weighted by molar-refractivity contribution is -0.173. The third kappa shape index (κ3) is 3.72. The quantitative estimate of drug-likeness (QED) is 0.682. The van der Waals surface area contributed by atoms with Gasteiger partial charge in [-0.1, -0.05) is 0 Å². The molecular weight excluding hydrogens is 180 g/mol. The Morgan fingerprint density at radius 1 is 1.58 bits per heavy atom. The summed E-state index contributed by atoms with van der Waals surface area (Å²) in [6, 6.07) is 0. The number of rotatable bonds is 4. The van der Waals surface area contributed by atoms with Crippen molar-refractivity contribution in [3.63, 3.8) is 0 Å². The molecule has 0 radical (unpaired) electrons. The van der Waals surface area contributed by atoms with E-state index in [1.165, 1.54) is 0 Å². The predicted molar refractivity (Wildman–Crippen MR) is 46.3 cm³/mol. The van der Waals surface area contributed by atoms with E-state index >= 15 is 0 Å². The SMILES string of the molecule is O[C@@H](CCl)COC1CCCCO1. The zero-order valence-corrected chi connectivity index (χ0v) is 7.79. The van der Waals surface area contributed by atoms with Crippen LogP contribution in [0.25, 0.3) is 0 Å². The number of aliphatic hydroxyl groups is 1. The highest BCUT2D eigenvalue weighted by Crippen LogP contribution is 2.13. The fraction of sp³-hybridized carbons (Fsp3) is 1.00. The first kappa shape index (κ1) is 10.3. The van der Waals surface area contributed by atoms with Crippen LogP contribution >= 0.6 is 11.6 Å². The second kappa shape index (κ2) is 5.75. The molecule has 1 saturated heterocycles. The van der Waals surface area contributed by atoms with E-state index < -0.39 is 6.10 Å². The minimum atomic E-state index is -0.572. The summed E-state index contributed by atoms with van der Waals surface area (Å²) in [5.74, 6) is 0.215. The van der Waals surface area contributed by atoms with Gasteiger partial charge in [0.25, 0.3) is 0 Å². The highest BCUT2D eigenvalue weighted by Gasteiger charge is 2.15. The van der Waals surface area contributed by atoms with Gasteiger partial charge in [-0.05, 0) is 19.3 Å². The van der Waals surface area contributed by atoms with E-state index in [0.29, 0.717) is 0 Å². The third-order valence-corrected chi connectivity index (χ3v) is 2.15. The van der Waals surface area contributed by atoms with Crippen molar-refractivity contribution in [2.75, 3.05) is 19.1 Å². The largest absolute Gasteiger partial charge is 0.389 e. The van der Waals surface area contributed by atoms with Crippen LogP contribution in [0.3, 0.4) is 0 Å². The molecule has 72 valence electrons. The van der Waals surface area contributed by atoms with Crippen LogP contribution in [0.2, 0.25) is 0 Å². The minimum Gasteiger partial charge on any atom is -0.389 e. The van der Waals surface area contributed by atoms with E-state index in [4.69, 9.17) is 26.2 Å². The molecule has 0 spiro atoms. The molecule has 2 atom stereocenters. The van der Waals surface area contributed by atoms with E-state index in [1.54, 1.807) is 0 Å². The Kier molecular flexibility index (Phi) is 4.92. The summed E-state index contributed by atoms with van der Waals surface area (Å²) in [7, 11) is 0. The topological polar surface area (TPSA) is 38.7 Å². The molecule has 1 rings (SSSR count). The Morgan fingerprint density at radius 2 is 2.42 bits per heavy atom. The molecule has 12 heavy (non-hydrogen) atoms. The van der Waals surface area contributed by atoms with E-state index in [9.17, 15) is 0 Å². The number of hydrogen-bond donors (Lipinski definition) is 1. The number of halogens is 1. The molecule has 0 aliphatic carbocycles. The molecule has 1 unspecified atom stereocenters. The van der Waals surface area contributed by atoms with Gasteiger partial charge in [-0.2, -0.15) is 0 Å². The van der Waals surface area contributed by atoms with Crippen molar-refractivity contribution in [2.45, 2.75) is 31.7 Å². The number of alkyl halides is 1. The predicted octanol–water partition coefficient (Wildman–Crippen LogP) is 1.13. The lowest BCUT2D eigenvalue weighted by Gasteiger charge is -2.23. The van der Waals surface area contributed by atoms with Crippen molar-refractivity contribution in [2.24, 2.45) is 0 Å². The van der Waals surface area contributed by atoms with Gasteiger partial charge in [-0.25, -0.2) is 0 Å². The molecule has 0 aromatic carbocycles. The second-order valence-electron chi connectivity index (χ2n) is 2.94. The summed E-state index contributed by atoms with van der Waals surface area (Å²) in [6.45, 7) is 1.04. The molecule has 1 aliphatic rings. The van der Waals surface area contributed by atoms with Gasteiger partial charge in [0.05, 0.1) is 18.6 Å². The fourth-order valence-electron chi connectivity index (χ4n) is 1.11. The zero-order valence-electron chi connectivity index (χ0n) is 7.04. The molecule has 1 fully saturated rings. The van der Waals surface area contributed by atoms with E-state index in [0.717, 1.165) is 25.9 Å². The molecule has 0 bridgehead atoms. The van der Waals surface area contributed by atoms with Crippen molar-refractivity contribution >= 4 is 11.6 Å². The fourth-order valence-corrected chi connectivity index (χ4v) is 1.19. The van der Waals surface area contributed by atoms with Crippen molar-refractivity contribution in [1.82, 2.24) is 0 Å². The van der Waals surface area contributed by atoms with Crippen LogP contribution in [0.5, 0.6) is 0 Å². The van der Waals surface area contributed by atoms with E-state index in [1.807, 2.05) is 0 Å². The Labute approximate surface area is 77.6 Å². The van der Waals surface area contributed by atoms with Crippen LogP contribution in [0.15, 0.2) is 0 Å². The molecule has 1 heterocycles. The highest BCUT2D eigenvalue weighted by atomic mass is 35.5. The lowest BCUT2D eigenvalue weighted by Crippen LogP contribution is -2.27. The van der Waals surface area contributed by atoms with Crippen molar-refractivity contribution < 1.29 is 14.6 Å². The molecular formula is C8H15ClO3. The summed E-state index contributed by atoms with van der Waals surface area (Å²) in [6.07, 6.45) is 2.47. The standard InChI is InChI=1S/C8H15ClO3/c9-5-7(10)6-12-8-3-1-2-4-11-8/h7-8,10H,1-6H2/t7-,8?/m0/s1. The van der Waals surface area contributed by atoms with Gasteiger partial charge in [0, 0.05) is 6.61 Å². The summed E-state index contributed by atoms with van der Waals surface area (Å²) < 4.78 is 10.6. The maximum atomic E-state index is 9.08. The average molecular weight is 195 g/mol. The van der Waals surface area contributed by atoms with Crippen molar-refractivity contribution in [1.29, 1.82) is 0 Å². The summed E-state index contributed by atoms with van der Waals surface area (Å²) in [5.41, 5.74) is 0. The van der Waals surface area contributed by atoms with Gasteiger partial charge >= 0.3 is 0 Å². The molecule has 1 N–H and O–H groups in total. The number of hydrogen-bond acceptors (Lipinski definition) is 3. The van der Waals surface area contributed by atoms with E-state index in [2.05, 4.69) is 0 Å². The monoisotopic (exact) mass is 194 g/mol. The Bertz CT molecular complexity index is 115. The molecule has 0 amide bonds. The van der Waals surface area contributed by atoms with Crippen molar-refractivity contribution in [3.8, 4) is 0 Å². The van der Waals surface area contributed by atoms with Gasteiger partial charge in [0.15, 0.2) is 6.29 Å². The first-order valence-electron chi connectivity index (χ1n) is 4.30. The lowest BCUT2D eigenvalue weighted by atomic mass is 10.2. The van der Waals surface area contributed by atoms with Gasteiger partial charge in [-0.3, -0.25) is 0 Å². The van der Waals surface area contributed by atoms with E-state index in [-0.39, 0.29) is 18.8 Å². The Balaban J connectivity index is 2.05. The van der Waals surface area contributed by atoms with Gasteiger partial charge in [-0.15, -0.1) is 11.6 Å². The van der Waals surface area contributed by atoms with Crippen LogP contribution in [-0.2, 0) is 9.47 Å². The summed E-state index contributed by atoms with van der Waals surface area (Å²) >= 11 is 5.40. The maximum Gasteiger partial charge on any atom is 0.157 e. The molecule has 4 heteroatoms. The molecule has 0 aromatic rings. The number of aliphatic hydroxyl groups excluding tert-OH is 1. The Morgan fingerprint density at radius 3 is 3.00 bits per heavy atom. The smallest absolute Gasteiger partial charge is 0.157 e. The minimum absolute atomic E-state index is 0.128. The third-order valence-electron chi connectivity index (χ3n) is 1.79. The summed E-state index contributed by atoms with van der Waals surface area (Å²) in [4.78, 5) is 0. The van der Waals surface area contributed by atoms with Crippen LogP contribution in [-0.4, -0.2) is 36.6 Å². The summed E-state index contributed by atoms with van der Waals surface area (Å²) in [5, 5.41) is 9.08. The highest BCUT2D eigenvalue weighted by molar-refractivity contribution is 6.18. The zero-order chi connectivity index (χ0) is 8.81.